The van der Waals surface area contributed by atoms with Crippen molar-refractivity contribution in [2.24, 2.45) is 5.73 Å². The van der Waals surface area contributed by atoms with Crippen molar-refractivity contribution in [3.8, 4) is 0 Å². The zero-order valence-corrected chi connectivity index (χ0v) is 10.8. The summed E-state index contributed by atoms with van der Waals surface area (Å²) in [4.78, 5) is 0. The maximum Gasteiger partial charge on any atom is 0.248 e. The summed E-state index contributed by atoms with van der Waals surface area (Å²) in [5.41, 5.74) is 4.84. The molecule has 19 heavy (non-hydrogen) atoms. The van der Waals surface area contributed by atoms with Gasteiger partial charge in [-0.3, -0.25) is 0 Å². The van der Waals surface area contributed by atoms with Gasteiger partial charge in [-0.1, -0.05) is 6.07 Å². The van der Waals surface area contributed by atoms with E-state index in [1.807, 2.05) is 0 Å². The second kappa shape index (κ2) is 4.78. The van der Waals surface area contributed by atoms with Gasteiger partial charge in [0.25, 0.3) is 0 Å². The van der Waals surface area contributed by atoms with Crippen LogP contribution in [0.1, 0.15) is 36.8 Å². The topological polar surface area (TPSA) is 26.0 Å². The van der Waals surface area contributed by atoms with Gasteiger partial charge in [-0.25, -0.2) is 17.6 Å². The number of halogens is 4. The van der Waals surface area contributed by atoms with E-state index in [0.29, 0.717) is 5.56 Å². The molecule has 0 radical (unpaired) electrons. The van der Waals surface area contributed by atoms with Gasteiger partial charge in [0, 0.05) is 30.4 Å². The van der Waals surface area contributed by atoms with Crippen molar-refractivity contribution in [3.63, 3.8) is 0 Å². The van der Waals surface area contributed by atoms with Crippen LogP contribution in [-0.4, -0.2) is 12.5 Å². The van der Waals surface area contributed by atoms with E-state index < -0.39 is 23.0 Å². The van der Waals surface area contributed by atoms with E-state index in [0.717, 1.165) is 0 Å². The Bertz CT molecular complexity index is 475. The SMILES string of the molecule is Cc1ccc(F)c(C2(CN)CCC(F)(F)CC2)c1F. The summed E-state index contributed by atoms with van der Waals surface area (Å²) in [6, 6.07) is 2.52. The van der Waals surface area contributed by atoms with E-state index in [1.165, 1.54) is 19.1 Å². The van der Waals surface area contributed by atoms with Crippen molar-refractivity contribution in [1.29, 1.82) is 0 Å². The fourth-order valence-electron chi connectivity index (χ4n) is 2.79. The van der Waals surface area contributed by atoms with Gasteiger partial charge >= 0.3 is 0 Å². The molecular weight excluding hydrogens is 258 g/mol. The first-order chi connectivity index (χ1) is 8.81. The van der Waals surface area contributed by atoms with Gasteiger partial charge < -0.3 is 5.73 Å². The maximum atomic E-state index is 14.2. The van der Waals surface area contributed by atoms with Crippen molar-refractivity contribution in [2.45, 2.75) is 43.9 Å². The molecule has 2 rings (SSSR count). The number of aryl methyl sites for hydroxylation is 1. The molecule has 1 nitrogen and oxygen atoms in total. The zero-order valence-electron chi connectivity index (χ0n) is 10.8. The highest BCUT2D eigenvalue weighted by molar-refractivity contribution is 5.34. The Kier molecular flexibility index (Phi) is 3.60. The molecule has 0 bridgehead atoms. The molecule has 0 atom stereocenters. The minimum absolute atomic E-state index is 0.00773. The van der Waals surface area contributed by atoms with Crippen molar-refractivity contribution in [1.82, 2.24) is 0 Å². The molecule has 0 saturated heterocycles. The van der Waals surface area contributed by atoms with Crippen LogP contribution in [0.2, 0.25) is 0 Å². The van der Waals surface area contributed by atoms with Crippen LogP contribution in [0.4, 0.5) is 17.6 Å². The van der Waals surface area contributed by atoms with Crippen LogP contribution in [0.3, 0.4) is 0 Å². The monoisotopic (exact) mass is 275 g/mol. The Hall–Kier alpha value is -1.10. The molecule has 5 heteroatoms. The molecule has 1 aliphatic rings. The average molecular weight is 275 g/mol. The summed E-state index contributed by atoms with van der Waals surface area (Å²) in [5.74, 6) is -4.11. The first-order valence-electron chi connectivity index (χ1n) is 6.34. The van der Waals surface area contributed by atoms with Crippen LogP contribution in [0, 0.1) is 18.6 Å². The average Bonchev–Trinajstić information content (AvgIpc) is 2.37. The van der Waals surface area contributed by atoms with Crippen molar-refractivity contribution in [3.05, 3.63) is 34.9 Å². The zero-order chi connectivity index (χ0) is 14.3. The standard InChI is InChI=1S/C14H17F4N/c1-9-2-3-10(15)11(12(9)16)13(8-19)4-6-14(17,18)7-5-13/h2-3H,4-8,19H2,1H3. The Morgan fingerprint density at radius 2 is 1.68 bits per heavy atom. The van der Waals surface area contributed by atoms with Gasteiger partial charge in [-0.2, -0.15) is 0 Å². The summed E-state index contributed by atoms with van der Waals surface area (Å²) in [5, 5.41) is 0. The second-order valence-electron chi connectivity index (χ2n) is 5.39. The minimum atomic E-state index is -2.75. The smallest absolute Gasteiger partial charge is 0.248 e. The predicted molar refractivity (Wildman–Crippen MR) is 65.2 cm³/mol. The lowest BCUT2D eigenvalue weighted by molar-refractivity contribution is -0.0517. The highest BCUT2D eigenvalue weighted by Gasteiger charge is 2.46. The first-order valence-corrected chi connectivity index (χ1v) is 6.34. The van der Waals surface area contributed by atoms with Gasteiger partial charge in [0.05, 0.1) is 0 Å². The Labute approximate surface area is 109 Å². The highest BCUT2D eigenvalue weighted by atomic mass is 19.3. The molecule has 0 aromatic heterocycles. The summed E-state index contributed by atoms with van der Waals surface area (Å²) in [6.45, 7) is 1.50. The van der Waals surface area contributed by atoms with Crippen molar-refractivity contribution in [2.75, 3.05) is 6.54 Å². The number of benzene rings is 1. The summed E-state index contributed by atoms with van der Waals surface area (Å²) in [6.07, 6.45) is -0.740. The molecule has 106 valence electrons. The van der Waals surface area contributed by atoms with Crippen molar-refractivity contribution >= 4 is 0 Å². The molecule has 1 aliphatic carbocycles. The predicted octanol–water partition coefficient (Wildman–Crippen LogP) is 3.68. The molecule has 0 heterocycles. The number of nitrogens with two attached hydrogens (primary N) is 1. The van der Waals surface area contributed by atoms with Gasteiger partial charge in [0.2, 0.25) is 5.92 Å². The number of rotatable bonds is 2. The third-order valence-electron chi connectivity index (χ3n) is 4.14. The number of hydrogen-bond donors (Lipinski definition) is 1. The van der Waals surface area contributed by atoms with E-state index in [9.17, 15) is 17.6 Å². The summed E-state index contributed by atoms with van der Waals surface area (Å²) in [7, 11) is 0. The van der Waals surface area contributed by atoms with E-state index in [2.05, 4.69) is 0 Å². The van der Waals surface area contributed by atoms with E-state index >= 15 is 0 Å². The molecule has 1 fully saturated rings. The lowest BCUT2D eigenvalue weighted by atomic mass is 9.68. The van der Waals surface area contributed by atoms with E-state index in [4.69, 9.17) is 5.73 Å². The highest BCUT2D eigenvalue weighted by Crippen LogP contribution is 2.46. The van der Waals surface area contributed by atoms with Gasteiger partial charge in [0.15, 0.2) is 0 Å². The fraction of sp³-hybridized carbons (Fsp3) is 0.571. The maximum absolute atomic E-state index is 14.2. The van der Waals surface area contributed by atoms with Crippen LogP contribution >= 0.6 is 0 Å². The summed E-state index contributed by atoms with van der Waals surface area (Å²) >= 11 is 0. The Morgan fingerprint density at radius 1 is 1.11 bits per heavy atom. The number of hydrogen-bond acceptors (Lipinski definition) is 1. The third-order valence-corrected chi connectivity index (χ3v) is 4.14. The van der Waals surface area contributed by atoms with Crippen LogP contribution < -0.4 is 5.73 Å². The lowest BCUT2D eigenvalue weighted by Gasteiger charge is -2.40. The molecule has 2 N–H and O–H groups in total. The van der Waals surface area contributed by atoms with Crippen molar-refractivity contribution < 1.29 is 17.6 Å². The number of alkyl halides is 2. The van der Waals surface area contributed by atoms with Crippen LogP contribution in [0.5, 0.6) is 0 Å². The Morgan fingerprint density at radius 3 is 2.21 bits per heavy atom. The first kappa shape index (κ1) is 14.3. The van der Waals surface area contributed by atoms with Gasteiger partial charge in [-0.05, 0) is 31.4 Å². The second-order valence-corrected chi connectivity index (χ2v) is 5.39. The minimum Gasteiger partial charge on any atom is -0.330 e. The van der Waals surface area contributed by atoms with Gasteiger partial charge in [-0.15, -0.1) is 0 Å². The van der Waals surface area contributed by atoms with Crippen LogP contribution in [0.15, 0.2) is 12.1 Å². The van der Waals surface area contributed by atoms with Gasteiger partial charge in [0.1, 0.15) is 11.6 Å². The van der Waals surface area contributed by atoms with E-state index in [-0.39, 0.29) is 37.8 Å². The molecule has 0 amide bonds. The molecule has 0 unspecified atom stereocenters. The Balaban J connectivity index is 2.46. The molecule has 0 spiro atoms. The molecule has 1 saturated carbocycles. The molecule has 1 aromatic rings. The lowest BCUT2D eigenvalue weighted by Crippen LogP contribution is -2.43. The quantitative estimate of drug-likeness (QED) is 0.819. The summed E-state index contributed by atoms with van der Waals surface area (Å²) < 4.78 is 54.6. The van der Waals surface area contributed by atoms with Crippen LogP contribution in [-0.2, 0) is 5.41 Å². The normalized spacial score (nSPS) is 21.4. The molecule has 1 aromatic carbocycles. The largest absolute Gasteiger partial charge is 0.330 e. The molecule has 0 aliphatic heterocycles. The van der Waals surface area contributed by atoms with Crippen LogP contribution in [0.25, 0.3) is 0 Å². The molecular formula is C14H17F4N. The van der Waals surface area contributed by atoms with E-state index in [1.54, 1.807) is 0 Å². The third kappa shape index (κ3) is 2.48. The fourth-order valence-corrected chi connectivity index (χ4v) is 2.79.